The molecule has 7 rings (SSSR count). The van der Waals surface area contributed by atoms with Crippen molar-refractivity contribution < 1.29 is 0 Å². The summed E-state index contributed by atoms with van der Waals surface area (Å²) in [5, 5.41) is 0. The summed E-state index contributed by atoms with van der Waals surface area (Å²) >= 11 is 0. The van der Waals surface area contributed by atoms with Crippen LogP contribution < -0.4 is 4.90 Å². The lowest BCUT2D eigenvalue weighted by Crippen LogP contribution is -2.30. The number of aryl methyl sites for hydroxylation is 1. The number of allylic oxidation sites excluding steroid dienone is 4. The van der Waals surface area contributed by atoms with E-state index in [2.05, 4.69) is 141 Å². The number of benzene rings is 4. The third-order valence-corrected chi connectivity index (χ3v) is 9.47. The van der Waals surface area contributed by atoms with E-state index in [9.17, 15) is 0 Å². The van der Waals surface area contributed by atoms with E-state index in [-0.39, 0.29) is 10.8 Å². The van der Waals surface area contributed by atoms with E-state index in [0.29, 0.717) is 5.92 Å². The summed E-state index contributed by atoms with van der Waals surface area (Å²) in [7, 11) is 0. The van der Waals surface area contributed by atoms with Crippen LogP contribution in [0.4, 0.5) is 11.4 Å². The molecule has 202 valence electrons. The van der Waals surface area contributed by atoms with E-state index < -0.39 is 0 Å². The number of hydrogen-bond donors (Lipinski definition) is 0. The molecule has 1 nitrogen and oxygen atoms in total. The molecule has 0 bridgehead atoms. The first kappa shape index (κ1) is 26.4. The Labute approximate surface area is 240 Å². The van der Waals surface area contributed by atoms with E-state index in [1.807, 2.05) is 13.8 Å². The molecule has 40 heavy (non-hydrogen) atoms. The van der Waals surface area contributed by atoms with Crippen LogP contribution in [0.3, 0.4) is 0 Å². The molecular weight excluding hydrogens is 482 g/mol. The Morgan fingerprint density at radius 1 is 0.800 bits per heavy atom. The fourth-order valence-electron chi connectivity index (χ4n) is 7.06. The average Bonchev–Trinajstić information content (AvgIpc) is 3.77. The number of hydrogen-bond acceptors (Lipinski definition) is 1. The van der Waals surface area contributed by atoms with Gasteiger partial charge in [-0.05, 0) is 95.7 Å². The lowest BCUT2D eigenvalue weighted by Gasteiger charge is -2.39. The maximum absolute atomic E-state index is 2.54. The quantitative estimate of drug-likeness (QED) is 0.251. The van der Waals surface area contributed by atoms with Gasteiger partial charge in [0.15, 0.2) is 0 Å². The number of nitrogens with zero attached hydrogens (tertiary/aromatic N) is 1. The van der Waals surface area contributed by atoms with Gasteiger partial charge in [-0.25, -0.2) is 0 Å². The molecule has 3 aliphatic rings. The summed E-state index contributed by atoms with van der Waals surface area (Å²) in [6, 6.07) is 36.4. The fraction of sp³-hybridized carbons (Fsp3) is 0.282. The van der Waals surface area contributed by atoms with Gasteiger partial charge in [0.2, 0.25) is 0 Å². The molecule has 4 aromatic carbocycles. The second kappa shape index (κ2) is 10.3. The molecule has 0 N–H and O–H groups in total. The van der Waals surface area contributed by atoms with Gasteiger partial charge in [-0.3, -0.25) is 0 Å². The third-order valence-electron chi connectivity index (χ3n) is 9.47. The molecule has 1 fully saturated rings. The van der Waals surface area contributed by atoms with Crippen molar-refractivity contribution in [2.45, 2.75) is 64.7 Å². The monoisotopic (exact) mass is 523 g/mol. The van der Waals surface area contributed by atoms with Crippen molar-refractivity contribution in [1.29, 1.82) is 0 Å². The van der Waals surface area contributed by atoms with E-state index in [1.165, 1.54) is 50.5 Å². The maximum atomic E-state index is 2.54. The van der Waals surface area contributed by atoms with E-state index >= 15 is 0 Å². The maximum Gasteiger partial charge on any atom is 0.0461 e. The molecule has 0 radical (unpaired) electrons. The van der Waals surface area contributed by atoms with E-state index in [4.69, 9.17) is 0 Å². The second-order valence-electron chi connectivity index (χ2n) is 11.7. The highest BCUT2D eigenvalue weighted by molar-refractivity contribution is 5.80. The van der Waals surface area contributed by atoms with Crippen LogP contribution in [0.2, 0.25) is 0 Å². The largest absolute Gasteiger partial charge is 0.313 e. The summed E-state index contributed by atoms with van der Waals surface area (Å²) < 4.78 is 0. The standard InChI is InChI=1S/C37H35N.C2H6/c1-4-36(3)24-27-23-31(21-22-32(27)33-14-8-9-15-34(33)36)38(30-19-17-26(2)18-20-30)35-16-10-13-29-25-37(29,35)28-11-6-5-7-12-28;1-2/h5-23,29H,4,24-25H2,1-3H3;1-2H3. The molecule has 0 aliphatic heterocycles. The molecule has 0 saturated heterocycles. The van der Waals surface area contributed by atoms with Crippen LogP contribution in [-0.2, 0) is 17.3 Å². The molecule has 1 saturated carbocycles. The first-order valence-corrected chi connectivity index (χ1v) is 15.1. The van der Waals surface area contributed by atoms with E-state index in [1.54, 1.807) is 0 Å². The summed E-state index contributed by atoms with van der Waals surface area (Å²) in [6.45, 7) is 10.9. The summed E-state index contributed by atoms with van der Waals surface area (Å²) in [5.74, 6) is 0.547. The van der Waals surface area contributed by atoms with Crippen LogP contribution >= 0.6 is 0 Å². The zero-order chi connectivity index (χ0) is 27.9. The molecule has 1 heteroatoms. The Hall–Kier alpha value is -3.84. The van der Waals surface area contributed by atoms with Crippen molar-refractivity contribution in [2.75, 3.05) is 4.90 Å². The first-order chi connectivity index (χ1) is 19.5. The van der Waals surface area contributed by atoms with Crippen LogP contribution in [0.15, 0.2) is 121 Å². The molecule has 0 heterocycles. The highest BCUT2D eigenvalue weighted by Gasteiger charge is 2.59. The molecule has 3 atom stereocenters. The minimum absolute atomic E-state index is 0.0291. The lowest BCUT2D eigenvalue weighted by atomic mass is 9.67. The predicted molar refractivity (Wildman–Crippen MR) is 171 cm³/mol. The van der Waals surface area contributed by atoms with Gasteiger partial charge in [-0.2, -0.15) is 0 Å². The average molecular weight is 524 g/mol. The van der Waals surface area contributed by atoms with Gasteiger partial charge >= 0.3 is 0 Å². The normalized spacial score (nSPS) is 23.5. The van der Waals surface area contributed by atoms with Crippen LogP contribution in [-0.4, -0.2) is 0 Å². The van der Waals surface area contributed by atoms with Crippen molar-refractivity contribution in [3.05, 3.63) is 143 Å². The highest BCUT2D eigenvalue weighted by atomic mass is 15.2. The molecule has 0 amide bonds. The first-order valence-electron chi connectivity index (χ1n) is 15.1. The van der Waals surface area contributed by atoms with Crippen LogP contribution in [0.5, 0.6) is 0 Å². The molecule has 0 spiro atoms. The van der Waals surface area contributed by atoms with Crippen LogP contribution in [0, 0.1) is 12.8 Å². The minimum Gasteiger partial charge on any atom is -0.313 e. The molecule has 4 aromatic rings. The number of fused-ring (bicyclic) bond motifs is 4. The fourth-order valence-corrected chi connectivity index (χ4v) is 7.06. The Balaban J connectivity index is 0.00000142. The predicted octanol–water partition coefficient (Wildman–Crippen LogP) is 10.5. The molecule has 0 aromatic heterocycles. The van der Waals surface area contributed by atoms with Crippen molar-refractivity contribution in [2.24, 2.45) is 5.92 Å². The Morgan fingerprint density at radius 2 is 1.50 bits per heavy atom. The smallest absolute Gasteiger partial charge is 0.0461 e. The lowest BCUT2D eigenvalue weighted by molar-refractivity contribution is 0.448. The van der Waals surface area contributed by atoms with Crippen molar-refractivity contribution >= 4 is 11.4 Å². The molecule has 3 unspecified atom stereocenters. The Bertz CT molecular complexity index is 1580. The summed E-state index contributed by atoms with van der Waals surface area (Å²) in [6.07, 6.45) is 10.4. The number of anilines is 2. The SMILES string of the molecule is CC.CCC1(C)Cc2cc(N(C3=CC=CC4CC34c3ccccc3)c3ccc(C)cc3)ccc2-c2ccccc21. The summed E-state index contributed by atoms with van der Waals surface area (Å²) in [5.41, 5.74) is 12.5. The topological polar surface area (TPSA) is 3.24 Å². The molecular formula is C39H41N. The zero-order valence-corrected chi connectivity index (χ0v) is 24.6. The molecule has 3 aliphatic carbocycles. The van der Waals surface area contributed by atoms with Gasteiger partial charge in [-0.1, -0.05) is 118 Å². The van der Waals surface area contributed by atoms with Crippen molar-refractivity contribution in [3.8, 4) is 11.1 Å². The number of rotatable bonds is 5. The van der Waals surface area contributed by atoms with Gasteiger partial charge in [-0.15, -0.1) is 0 Å². The Morgan fingerprint density at radius 3 is 2.25 bits per heavy atom. The zero-order valence-electron chi connectivity index (χ0n) is 24.6. The van der Waals surface area contributed by atoms with Crippen LogP contribution in [0.25, 0.3) is 11.1 Å². The third kappa shape index (κ3) is 4.15. The van der Waals surface area contributed by atoms with Gasteiger partial charge in [0.1, 0.15) is 0 Å². The Kier molecular flexibility index (Phi) is 6.78. The van der Waals surface area contributed by atoms with Gasteiger partial charge in [0.05, 0.1) is 0 Å². The van der Waals surface area contributed by atoms with Crippen molar-refractivity contribution in [1.82, 2.24) is 0 Å². The summed E-state index contributed by atoms with van der Waals surface area (Å²) in [4.78, 5) is 2.54. The minimum atomic E-state index is 0.0291. The highest BCUT2D eigenvalue weighted by Crippen LogP contribution is 2.63. The van der Waals surface area contributed by atoms with E-state index in [0.717, 1.165) is 19.3 Å². The van der Waals surface area contributed by atoms with Crippen molar-refractivity contribution in [3.63, 3.8) is 0 Å². The second-order valence-corrected chi connectivity index (χ2v) is 11.7. The van der Waals surface area contributed by atoms with Crippen LogP contribution in [0.1, 0.15) is 62.8 Å². The van der Waals surface area contributed by atoms with Gasteiger partial charge in [0.25, 0.3) is 0 Å². The van der Waals surface area contributed by atoms with Gasteiger partial charge in [0, 0.05) is 22.5 Å². The van der Waals surface area contributed by atoms with Gasteiger partial charge < -0.3 is 4.90 Å².